The highest BCUT2D eigenvalue weighted by molar-refractivity contribution is 5.80. The zero-order valence-electron chi connectivity index (χ0n) is 17.2. The number of piperazine rings is 1. The molecule has 0 atom stereocenters. The monoisotopic (exact) mass is 373 g/mol. The standard InChI is InChI=1S/C20H35N7/c1-4-21-18(27-12-7-20(2,3)17-27)24-10-6-11-25-13-15-26(16-14-25)19-22-8-5-9-23-19/h5,8-9H,4,6-7,10-17H2,1-3H3,(H,21,24). The van der Waals surface area contributed by atoms with E-state index in [2.05, 4.69) is 50.8 Å². The van der Waals surface area contributed by atoms with Crippen LogP contribution < -0.4 is 10.2 Å². The molecule has 0 amide bonds. The predicted molar refractivity (Wildman–Crippen MR) is 111 cm³/mol. The summed E-state index contributed by atoms with van der Waals surface area (Å²) in [4.78, 5) is 20.8. The van der Waals surface area contributed by atoms with E-state index in [0.717, 1.165) is 77.2 Å². The summed E-state index contributed by atoms with van der Waals surface area (Å²) in [7, 11) is 0. The fourth-order valence-electron chi connectivity index (χ4n) is 3.82. The summed E-state index contributed by atoms with van der Waals surface area (Å²) >= 11 is 0. The van der Waals surface area contributed by atoms with Crippen molar-refractivity contribution < 1.29 is 0 Å². The summed E-state index contributed by atoms with van der Waals surface area (Å²) in [5.41, 5.74) is 0.401. The van der Waals surface area contributed by atoms with E-state index >= 15 is 0 Å². The van der Waals surface area contributed by atoms with E-state index in [-0.39, 0.29) is 0 Å². The number of nitrogens with zero attached hydrogens (tertiary/aromatic N) is 6. The lowest BCUT2D eigenvalue weighted by Crippen LogP contribution is -2.47. The van der Waals surface area contributed by atoms with Crippen LogP contribution in [-0.4, -0.2) is 84.6 Å². The van der Waals surface area contributed by atoms with Crippen molar-refractivity contribution >= 4 is 11.9 Å². The highest BCUT2D eigenvalue weighted by Gasteiger charge is 2.30. The molecule has 0 saturated carbocycles. The van der Waals surface area contributed by atoms with Crippen LogP contribution in [0.4, 0.5) is 5.95 Å². The highest BCUT2D eigenvalue weighted by Crippen LogP contribution is 2.28. The fourth-order valence-corrected chi connectivity index (χ4v) is 3.82. The Bertz CT molecular complexity index is 594. The van der Waals surface area contributed by atoms with Gasteiger partial charge < -0.3 is 15.1 Å². The van der Waals surface area contributed by atoms with Crippen molar-refractivity contribution in [2.24, 2.45) is 10.4 Å². The maximum absolute atomic E-state index is 4.88. The minimum atomic E-state index is 0.401. The molecule has 27 heavy (non-hydrogen) atoms. The third-order valence-electron chi connectivity index (χ3n) is 5.41. The first-order chi connectivity index (χ1) is 13.1. The molecule has 0 radical (unpaired) electrons. The van der Waals surface area contributed by atoms with Gasteiger partial charge in [-0.1, -0.05) is 13.8 Å². The van der Waals surface area contributed by atoms with Crippen molar-refractivity contribution in [3.63, 3.8) is 0 Å². The molecule has 0 aromatic carbocycles. The fraction of sp³-hybridized carbons (Fsp3) is 0.750. The molecule has 1 N–H and O–H groups in total. The van der Waals surface area contributed by atoms with Crippen molar-refractivity contribution in [2.45, 2.75) is 33.6 Å². The summed E-state index contributed by atoms with van der Waals surface area (Å²) in [6.07, 6.45) is 5.98. The second kappa shape index (κ2) is 9.35. The average Bonchev–Trinajstić information content (AvgIpc) is 3.05. The number of likely N-dealkylation sites (tertiary alicyclic amines) is 1. The average molecular weight is 374 g/mol. The molecule has 3 heterocycles. The van der Waals surface area contributed by atoms with Crippen LogP contribution >= 0.6 is 0 Å². The first-order valence-electron chi connectivity index (χ1n) is 10.3. The molecule has 0 bridgehead atoms. The lowest BCUT2D eigenvalue weighted by atomic mass is 9.93. The van der Waals surface area contributed by atoms with Gasteiger partial charge in [0.25, 0.3) is 0 Å². The van der Waals surface area contributed by atoms with Crippen LogP contribution in [-0.2, 0) is 0 Å². The molecular formula is C20H35N7. The minimum absolute atomic E-state index is 0.401. The van der Waals surface area contributed by atoms with Gasteiger partial charge in [0.1, 0.15) is 0 Å². The number of guanidine groups is 1. The van der Waals surface area contributed by atoms with Crippen molar-refractivity contribution in [2.75, 3.05) is 63.8 Å². The smallest absolute Gasteiger partial charge is 0.225 e. The molecule has 1 aromatic rings. The largest absolute Gasteiger partial charge is 0.357 e. The maximum atomic E-state index is 4.88. The number of anilines is 1. The lowest BCUT2D eigenvalue weighted by Gasteiger charge is -2.34. The predicted octanol–water partition coefficient (Wildman–Crippen LogP) is 1.69. The molecule has 150 valence electrons. The van der Waals surface area contributed by atoms with Crippen molar-refractivity contribution in [3.8, 4) is 0 Å². The van der Waals surface area contributed by atoms with Crippen molar-refractivity contribution in [1.29, 1.82) is 0 Å². The lowest BCUT2D eigenvalue weighted by molar-refractivity contribution is 0.255. The molecule has 1 aromatic heterocycles. The van der Waals surface area contributed by atoms with Gasteiger partial charge in [0.15, 0.2) is 5.96 Å². The second-order valence-electron chi connectivity index (χ2n) is 8.30. The zero-order chi connectivity index (χ0) is 19.1. The zero-order valence-corrected chi connectivity index (χ0v) is 17.2. The summed E-state index contributed by atoms with van der Waals surface area (Å²) in [5, 5.41) is 3.47. The third-order valence-corrected chi connectivity index (χ3v) is 5.41. The Morgan fingerprint density at radius 3 is 2.52 bits per heavy atom. The van der Waals surface area contributed by atoms with Gasteiger partial charge in [-0.2, -0.15) is 0 Å². The van der Waals surface area contributed by atoms with Gasteiger partial charge in [-0.25, -0.2) is 9.97 Å². The molecule has 7 nitrogen and oxygen atoms in total. The number of hydrogen-bond donors (Lipinski definition) is 1. The summed E-state index contributed by atoms with van der Waals surface area (Å²) in [5.74, 6) is 1.94. The van der Waals surface area contributed by atoms with Crippen LogP contribution in [0.1, 0.15) is 33.6 Å². The number of rotatable bonds is 6. The molecule has 2 aliphatic rings. The summed E-state index contributed by atoms with van der Waals surface area (Å²) < 4.78 is 0. The Labute approximate surface area is 163 Å². The molecule has 0 aliphatic carbocycles. The first kappa shape index (κ1) is 19.9. The Balaban J connectivity index is 1.39. The van der Waals surface area contributed by atoms with Gasteiger partial charge in [0, 0.05) is 71.3 Å². The topological polar surface area (TPSA) is 59.9 Å². The second-order valence-corrected chi connectivity index (χ2v) is 8.30. The van der Waals surface area contributed by atoms with Gasteiger partial charge in [-0.05, 0) is 31.2 Å². The number of nitrogens with one attached hydrogen (secondary N) is 1. The van der Waals surface area contributed by atoms with Gasteiger partial charge >= 0.3 is 0 Å². The van der Waals surface area contributed by atoms with Crippen molar-refractivity contribution in [1.82, 2.24) is 25.1 Å². The summed E-state index contributed by atoms with van der Waals surface area (Å²) in [6, 6.07) is 1.87. The third kappa shape index (κ3) is 5.79. The Morgan fingerprint density at radius 1 is 1.15 bits per heavy atom. The molecule has 2 saturated heterocycles. The Kier molecular flexibility index (Phi) is 6.88. The molecule has 2 fully saturated rings. The van der Waals surface area contributed by atoms with Gasteiger partial charge in [-0.15, -0.1) is 0 Å². The van der Waals surface area contributed by atoms with Crippen LogP contribution in [0.3, 0.4) is 0 Å². The van der Waals surface area contributed by atoms with Crippen LogP contribution in [0.5, 0.6) is 0 Å². The SMILES string of the molecule is CCNC(=NCCCN1CCN(c2ncccn2)CC1)N1CCC(C)(C)C1. The first-order valence-corrected chi connectivity index (χ1v) is 10.3. The van der Waals surface area contributed by atoms with E-state index in [1.165, 1.54) is 6.42 Å². The van der Waals surface area contributed by atoms with Gasteiger partial charge in [0.2, 0.25) is 5.95 Å². The number of aromatic nitrogens is 2. The molecule has 0 unspecified atom stereocenters. The normalized spacial score (nSPS) is 20.9. The highest BCUT2D eigenvalue weighted by atomic mass is 15.3. The van der Waals surface area contributed by atoms with E-state index < -0.39 is 0 Å². The van der Waals surface area contributed by atoms with Crippen LogP contribution in [0.15, 0.2) is 23.5 Å². The van der Waals surface area contributed by atoms with Crippen molar-refractivity contribution in [3.05, 3.63) is 18.5 Å². The van der Waals surface area contributed by atoms with E-state index in [0.29, 0.717) is 5.41 Å². The maximum Gasteiger partial charge on any atom is 0.225 e. The summed E-state index contributed by atoms with van der Waals surface area (Å²) in [6.45, 7) is 16.1. The van der Waals surface area contributed by atoms with Gasteiger partial charge in [0.05, 0.1) is 0 Å². The molecule has 7 heteroatoms. The van der Waals surface area contributed by atoms with E-state index in [4.69, 9.17) is 4.99 Å². The van der Waals surface area contributed by atoms with E-state index in [1.54, 1.807) is 0 Å². The number of hydrogen-bond acceptors (Lipinski definition) is 5. The Morgan fingerprint density at radius 2 is 1.89 bits per heavy atom. The van der Waals surface area contributed by atoms with Crippen LogP contribution in [0.2, 0.25) is 0 Å². The number of aliphatic imine (C=N–C) groups is 1. The van der Waals surface area contributed by atoms with Gasteiger partial charge in [-0.3, -0.25) is 9.89 Å². The Hall–Kier alpha value is -1.89. The molecule has 2 aliphatic heterocycles. The molecule has 3 rings (SSSR count). The van der Waals surface area contributed by atoms with Crippen LogP contribution in [0, 0.1) is 5.41 Å². The molecular weight excluding hydrogens is 338 g/mol. The minimum Gasteiger partial charge on any atom is -0.357 e. The quantitative estimate of drug-likeness (QED) is 0.465. The van der Waals surface area contributed by atoms with E-state index in [1.807, 2.05) is 18.5 Å². The van der Waals surface area contributed by atoms with E-state index in [9.17, 15) is 0 Å². The van der Waals surface area contributed by atoms with Crippen LogP contribution in [0.25, 0.3) is 0 Å². The molecule has 0 spiro atoms.